The van der Waals surface area contributed by atoms with Gasteiger partial charge in [-0.3, -0.25) is 4.79 Å². The molecular weight excluding hydrogens is 399 g/mol. The Bertz CT molecular complexity index is 904. The van der Waals surface area contributed by atoms with Gasteiger partial charge >= 0.3 is 6.36 Å². The smallest absolute Gasteiger partial charge is 0.406 e. The Morgan fingerprint density at radius 3 is 2.69 bits per heavy atom. The first-order valence-corrected chi connectivity index (χ1v) is 8.66. The number of aryl methyl sites for hydroxylation is 1. The van der Waals surface area contributed by atoms with Gasteiger partial charge in [0.05, 0.1) is 6.54 Å². The van der Waals surface area contributed by atoms with Gasteiger partial charge in [0.2, 0.25) is 0 Å². The third kappa shape index (κ3) is 5.52. The molecule has 0 aromatic carbocycles. The van der Waals surface area contributed by atoms with Crippen LogP contribution in [0.1, 0.15) is 28.9 Å². The molecular formula is C18H17F5N4O2. The molecule has 1 aliphatic rings. The predicted molar refractivity (Wildman–Crippen MR) is 93.3 cm³/mol. The number of pyridine rings is 2. The number of aromatic nitrogens is 2. The lowest BCUT2D eigenvalue weighted by atomic mass is 10.1. The molecule has 1 aliphatic heterocycles. The van der Waals surface area contributed by atoms with Gasteiger partial charge in [-0.1, -0.05) is 6.07 Å². The number of carbonyl (C=O) groups excluding carboxylic acids is 1. The summed E-state index contributed by atoms with van der Waals surface area (Å²) in [5, 5.41) is 2.68. The van der Waals surface area contributed by atoms with E-state index in [-0.39, 0.29) is 36.7 Å². The lowest BCUT2D eigenvalue weighted by Gasteiger charge is -2.32. The molecule has 3 heterocycles. The minimum absolute atomic E-state index is 0.00556. The molecule has 3 rings (SSSR count). The van der Waals surface area contributed by atoms with Gasteiger partial charge in [-0.05, 0) is 31.0 Å². The molecule has 0 aliphatic carbocycles. The molecule has 0 atom stereocenters. The fourth-order valence-corrected chi connectivity index (χ4v) is 2.91. The zero-order valence-electron chi connectivity index (χ0n) is 15.3. The van der Waals surface area contributed by atoms with Gasteiger partial charge in [-0.15, -0.1) is 13.2 Å². The second-order valence-electron chi connectivity index (χ2n) is 6.60. The standard InChI is InChI=1S/C18H17F5N4O2/c1-11-3-4-13(25-14-9-12(5-7-24-14)29-18(21,22)23)26-15(11)16(28)27-8-2-6-17(19,20)10-27/h3-5,7,9H,2,6,8,10H2,1H3,(H,24,25,26). The topological polar surface area (TPSA) is 67.3 Å². The SMILES string of the molecule is Cc1ccc(Nc2cc(OC(F)(F)F)ccn2)nc1C(=O)N1CCCC(F)(F)C1. The number of anilines is 2. The molecule has 0 unspecified atom stereocenters. The zero-order valence-corrected chi connectivity index (χ0v) is 15.3. The number of alkyl halides is 5. The first-order valence-electron chi connectivity index (χ1n) is 8.66. The number of halogens is 5. The van der Waals surface area contributed by atoms with Crippen LogP contribution >= 0.6 is 0 Å². The van der Waals surface area contributed by atoms with Crippen molar-refractivity contribution in [3.05, 3.63) is 41.7 Å². The van der Waals surface area contributed by atoms with Gasteiger partial charge in [-0.25, -0.2) is 18.7 Å². The van der Waals surface area contributed by atoms with Gasteiger partial charge in [0.25, 0.3) is 11.8 Å². The van der Waals surface area contributed by atoms with Crippen LogP contribution in [0, 0.1) is 6.92 Å². The van der Waals surface area contributed by atoms with Crippen molar-refractivity contribution in [2.24, 2.45) is 0 Å². The van der Waals surface area contributed by atoms with E-state index >= 15 is 0 Å². The maximum absolute atomic E-state index is 13.6. The predicted octanol–water partition coefficient (Wildman–Crippen LogP) is 4.30. The Morgan fingerprint density at radius 1 is 1.24 bits per heavy atom. The molecule has 0 bridgehead atoms. The monoisotopic (exact) mass is 416 g/mol. The highest BCUT2D eigenvalue weighted by Gasteiger charge is 2.38. The molecule has 1 saturated heterocycles. The summed E-state index contributed by atoms with van der Waals surface area (Å²) in [4.78, 5) is 21.7. The number of piperidine rings is 1. The Balaban J connectivity index is 1.79. The second kappa shape index (κ2) is 7.80. The number of nitrogens with one attached hydrogen (secondary N) is 1. The van der Waals surface area contributed by atoms with E-state index in [2.05, 4.69) is 20.0 Å². The molecule has 0 saturated carbocycles. The molecule has 11 heteroatoms. The van der Waals surface area contributed by atoms with Crippen LogP contribution in [-0.4, -0.2) is 46.1 Å². The number of rotatable bonds is 4. The average molecular weight is 416 g/mol. The van der Waals surface area contributed by atoms with Gasteiger partial charge in [0.15, 0.2) is 0 Å². The van der Waals surface area contributed by atoms with E-state index in [9.17, 15) is 26.7 Å². The highest BCUT2D eigenvalue weighted by atomic mass is 19.4. The number of likely N-dealkylation sites (tertiary alicyclic amines) is 1. The van der Waals surface area contributed by atoms with Crippen molar-refractivity contribution in [3.8, 4) is 5.75 Å². The van der Waals surface area contributed by atoms with E-state index in [1.54, 1.807) is 13.0 Å². The molecule has 0 radical (unpaired) electrons. The highest BCUT2D eigenvalue weighted by Crippen LogP contribution is 2.28. The van der Waals surface area contributed by atoms with E-state index in [1.165, 1.54) is 6.07 Å². The van der Waals surface area contributed by atoms with Crippen molar-refractivity contribution in [1.29, 1.82) is 0 Å². The number of carbonyl (C=O) groups is 1. The van der Waals surface area contributed by atoms with Crippen LogP contribution in [0.25, 0.3) is 0 Å². The first-order chi connectivity index (χ1) is 13.5. The Labute approximate surface area is 162 Å². The number of ether oxygens (including phenoxy) is 1. The summed E-state index contributed by atoms with van der Waals surface area (Å²) in [6.45, 7) is 1.14. The van der Waals surface area contributed by atoms with Crippen molar-refractivity contribution in [3.63, 3.8) is 0 Å². The molecule has 156 valence electrons. The second-order valence-corrected chi connectivity index (χ2v) is 6.60. The van der Waals surface area contributed by atoms with E-state index < -0.39 is 30.5 Å². The molecule has 29 heavy (non-hydrogen) atoms. The lowest BCUT2D eigenvalue weighted by Crippen LogP contribution is -2.46. The van der Waals surface area contributed by atoms with Gasteiger partial charge < -0.3 is 15.0 Å². The minimum Gasteiger partial charge on any atom is -0.406 e. The normalized spacial score (nSPS) is 16.4. The third-order valence-corrected chi connectivity index (χ3v) is 4.20. The van der Waals surface area contributed by atoms with Crippen LogP contribution in [0.5, 0.6) is 5.75 Å². The van der Waals surface area contributed by atoms with Gasteiger partial charge in [-0.2, -0.15) is 0 Å². The molecule has 2 aromatic rings. The fraction of sp³-hybridized carbons (Fsp3) is 0.389. The summed E-state index contributed by atoms with van der Waals surface area (Å²) >= 11 is 0. The van der Waals surface area contributed by atoms with Crippen LogP contribution in [0.2, 0.25) is 0 Å². The summed E-state index contributed by atoms with van der Waals surface area (Å²) in [5.74, 6) is -3.92. The Kier molecular flexibility index (Phi) is 5.58. The number of nitrogens with zero attached hydrogens (tertiary/aromatic N) is 3. The van der Waals surface area contributed by atoms with Crippen molar-refractivity contribution in [1.82, 2.24) is 14.9 Å². The average Bonchev–Trinajstić information content (AvgIpc) is 2.61. The molecule has 1 fully saturated rings. The largest absolute Gasteiger partial charge is 0.573 e. The van der Waals surface area contributed by atoms with E-state index in [0.29, 0.717) is 5.56 Å². The van der Waals surface area contributed by atoms with Crippen LogP contribution < -0.4 is 10.1 Å². The molecule has 2 aromatic heterocycles. The molecule has 1 N–H and O–H groups in total. The number of amides is 1. The fourth-order valence-electron chi connectivity index (χ4n) is 2.91. The van der Waals surface area contributed by atoms with Crippen molar-refractivity contribution < 1.29 is 31.5 Å². The van der Waals surface area contributed by atoms with Crippen LogP contribution in [0.4, 0.5) is 33.6 Å². The quantitative estimate of drug-likeness (QED) is 0.753. The summed E-state index contributed by atoms with van der Waals surface area (Å²) in [6, 6.07) is 5.10. The van der Waals surface area contributed by atoms with E-state index in [0.717, 1.165) is 23.2 Å². The maximum Gasteiger partial charge on any atom is 0.573 e. The van der Waals surface area contributed by atoms with Crippen molar-refractivity contribution in [2.75, 3.05) is 18.4 Å². The van der Waals surface area contributed by atoms with Crippen LogP contribution in [0.15, 0.2) is 30.5 Å². The maximum atomic E-state index is 13.6. The van der Waals surface area contributed by atoms with E-state index in [4.69, 9.17) is 0 Å². The highest BCUT2D eigenvalue weighted by molar-refractivity contribution is 5.94. The molecule has 1 amide bonds. The lowest BCUT2D eigenvalue weighted by molar-refractivity contribution is -0.274. The van der Waals surface area contributed by atoms with Gasteiger partial charge in [0, 0.05) is 25.2 Å². The van der Waals surface area contributed by atoms with Crippen molar-refractivity contribution in [2.45, 2.75) is 32.1 Å². The molecule has 0 spiro atoms. The van der Waals surface area contributed by atoms with E-state index in [1.807, 2.05) is 0 Å². The summed E-state index contributed by atoms with van der Waals surface area (Å²) in [5.41, 5.74) is 0.465. The Hall–Kier alpha value is -2.98. The number of hydrogen-bond acceptors (Lipinski definition) is 5. The Morgan fingerprint density at radius 2 is 2.00 bits per heavy atom. The summed E-state index contributed by atoms with van der Waals surface area (Å²) in [6.07, 6.45) is -3.82. The summed E-state index contributed by atoms with van der Waals surface area (Å²) < 4.78 is 68.1. The van der Waals surface area contributed by atoms with Crippen LogP contribution in [0.3, 0.4) is 0 Å². The third-order valence-electron chi connectivity index (χ3n) is 4.20. The zero-order chi connectivity index (χ0) is 21.2. The molecule has 6 nitrogen and oxygen atoms in total. The van der Waals surface area contributed by atoms with Crippen LogP contribution in [-0.2, 0) is 0 Å². The minimum atomic E-state index is -4.85. The number of hydrogen-bond donors (Lipinski definition) is 1. The van der Waals surface area contributed by atoms with Gasteiger partial charge in [0.1, 0.15) is 23.1 Å². The first kappa shape index (κ1) is 20.7. The van der Waals surface area contributed by atoms with Crippen molar-refractivity contribution >= 4 is 17.5 Å². The summed E-state index contributed by atoms with van der Waals surface area (Å²) in [7, 11) is 0.